The fourth-order valence-electron chi connectivity index (χ4n) is 1.86. The Hall–Kier alpha value is -2.71. The fourth-order valence-corrected chi connectivity index (χ4v) is 1.86. The van der Waals surface area contributed by atoms with E-state index in [1.807, 2.05) is 0 Å². The number of rotatable bonds is 5. The number of nitrogens with zero attached hydrogens (tertiary/aromatic N) is 5. The van der Waals surface area contributed by atoms with E-state index in [1.165, 1.54) is 25.3 Å². The highest BCUT2D eigenvalue weighted by Crippen LogP contribution is 2.13. The molecule has 112 valence electrons. The molecule has 0 saturated carbocycles. The van der Waals surface area contributed by atoms with E-state index in [0.717, 1.165) is 0 Å². The molecule has 1 amide bonds. The van der Waals surface area contributed by atoms with Crippen molar-refractivity contribution in [3.05, 3.63) is 12.7 Å². The topological polar surface area (TPSA) is 116 Å². The summed E-state index contributed by atoms with van der Waals surface area (Å²) in [6, 6.07) is 0. The highest BCUT2D eigenvalue weighted by molar-refractivity contribution is 5.81. The predicted molar refractivity (Wildman–Crippen MR) is 74.0 cm³/mol. The van der Waals surface area contributed by atoms with E-state index in [2.05, 4.69) is 19.7 Å². The van der Waals surface area contributed by atoms with Crippen molar-refractivity contribution >= 4 is 28.9 Å². The van der Waals surface area contributed by atoms with Crippen LogP contribution in [0.3, 0.4) is 0 Å². The Kier molecular flexibility index (Phi) is 4.31. The minimum Gasteiger partial charge on any atom is -0.468 e. The molecule has 0 aliphatic carbocycles. The molecule has 21 heavy (non-hydrogen) atoms. The zero-order valence-electron chi connectivity index (χ0n) is 11.8. The first-order valence-electron chi connectivity index (χ1n) is 6.26. The number of aromatic nitrogens is 4. The van der Waals surface area contributed by atoms with E-state index in [0.29, 0.717) is 30.1 Å². The predicted octanol–water partition coefficient (Wildman–Crippen LogP) is -0.570. The number of imidazole rings is 1. The standard InChI is InChI=1S/C12H16N6O3/c1-8(19)17(5-9(20)21-2)3-4-18-7-16-10-11(13)14-6-15-12(10)18/h6-7H,3-5H2,1-2H3,(H2,13,14,15). The zero-order valence-corrected chi connectivity index (χ0v) is 11.8. The molecule has 0 aliphatic rings. The van der Waals surface area contributed by atoms with Crippen LogP contribution >= 0.6 is 0 Å². The van der Waals surface area contributed by atoms with Crippen LogP contribution in [0.5, 0.6) is 0 Å². The lowest BCUT2D eigenvalue weighted by molar-refractivity contribution is -0.146. The first-order chi connectivity index (χ1) is 10.0. The molecule has 0 fully saturated rings. The number of anilines is 1. The lowest BCUT2D eigenvalue weighted by Gasteiger charge is -2.19. The second-order valence-electron chi connectivity index (χ2n) is 4.39. The number of hydrogen-bond acceptors (Lipinski definition) is 7. The zero-order chi connectivity index (χ0) is 15.4. The van der Waals surface area contributed by atoms with Gasteiger partial charge in [-0.05, 0) is 0 Å². The Morgan fingerprint density at radius 2 is 2.14 bits per heavy atom. The molecule has 0 radical (unpaired) electrons. The number of hydrogen-bond donors (Lipinski definition) is 1. The van der Waals surface area contributed by atoms with E-state index >= 15 is 0 Å². The third kappa shape index (κ3) is 3.25. The van der Waals surface area contributed by atoms with Crippen molar-refractivity contribution in [3.8, 4) is 0 Å². The summed E-state index contributed by atoms with van der Waals surface area (Å²) in [4.78, 5) is 36.3. The third-order valence-electron chi connectivity index (χ3n) is 3.03. The van der Waals surface area contributed by atoms with Gasteiger partial charge >= 0.3 is 5.97 Å². The summed E-state index contributed by atoms with van der Waals surface area (Å²) in [6.45, 7) is 2.08. The molecule has 9 nitrogen and oxygen atoms in total. The van der Waals surface area contributed by atoms with Crippen LogP contribution in [0.15, 0.2) is 12.7 Å². The number of carbonyl (C=O) groups excluding carboxylic acids is 2. The second-order valence-corrected chi connectivity index (χ2v) is 4.39. The van der Waals surface area contributed by atoms with Gasteiger partial charge in [0.1, 0.15) is 18.4 Å². The molecule has 0 bridgehead atoms. The molecule has 0 atom stereocenters. The van der Waals surface area contributed by atoms with Crippen LogP contribution in [0.4, 0.5) is 5.82 Å². The van der Waals surface area contributed by atoms with Gasteiger partial charge in [-0.1, -0.05) is 0 Å². The maximum atomic E-state index is 11.5. The van der Waals surface area contributed by atoms with Crippen LogP contribution in [0.1, 0.15) is 6.92 Å². The number of nitrogens with two attached hydrogens (primary N) is 1. The van der Waals surface area contributed by atoms with Crippen molar-refractivity contribution < 1.29 is 14.3 Å². The number of fused-ring (bicyclic) bond motifs is 1. The SMILES string of the molecule is COC(=O)CN(CCn1cnc2c(N)ncnc21)C(C)=O. The summed E-state index contributed by atoms with van der Waals surface area (Å²) in [7, 11) is 1.28. The van der Waals surface area contributed by atoms with Gasteiger partial charge in [0.2, 0.25) is 5.91 Å². The molecule has 0 saturated heterocycles. The van der Waals surface area contributed by atoms with Gasteiger partial charge in [-0.2, -0.15) is 0 Å². The lowest BCUT2D eigenvalue weighted by Crippen LogP contribution is -2.36. The van der Waals surface area contributed by atoms with Gasteiger partial charge in [-0.15, -0.1) is 0 Å². The maximum absolute atomic E-state index is 11.5. The van der Waals surface area contributed by atoms with Crippen LogP contribution < -0.4 is 5.73 Å². The molecule has 0 aromatic carbocycles. The van der Waals surface area contributed by atoms with Gasteiger partial charge in [0.15, 0.2) is 11.5 Å². The van der Waals surface area contributed by atoms with Gasteiger partial charge in [0.05, 0.1) is 13.4 Å². The maximum Gasteiger partial charge on any atom is 0.325 e. The minimum atomic E-state index is -0.466. The Morgan fingerprint density at radius 3 is 2.81 bits per heavy atom. The summed E-state index contributed by atoms with van der Waals surface area (Å²) in [5, 5.41) is 0. The Morgan fingerprint density at radius 1 is 1.38 bits per heavy atom. The number of methoxy groups -OCH3 is 1. The van der Waals surface area contributed by atoms with Crippen molar-refractivity contribution in [2.75, 3.05) is 25.9 Å². The molecular formula is C12H16N6O3. The van der Waals surface area contributed by atoms with Crippen LogP contribution in [-0.4, -0.2) is 56.5 Å². The van der Waals surface area contributed by atoms with E-state index in [9.17, 15) is 9.59 Å². The molecule has 0 spiro atoms. The second kappa shape index (κ2) is 6.16. The summed E-state index contributed by atoms with van der Waals surface area (Å²) in [5.74, 6) is -0.372. The van der Waals surface area contributed by atoms with Crippen molar-refractivity contribution in [1.82, 2.24) is 24.4 Å². The van der Waals surface area contributed by atoms with Gasteiger partial charge in [-0.25, -0.2) is 15.0 Å². The molecule has 2 aromatic heterocycles. The minimum absolute atomic E-state index is 0.0877. The van der Waals surface area contributed by atoms with E-state index < -0.39 is 5.97 Å². The summed E-state index contributed by atoms with van der Waals surface area (Å²) in [6.07, 6.45) is 2.93. The van der Waals surface area contributed by atoms with Crippen LogP contribution in [0.25, 0.3) is 11.2 Å². The Labute approximate surface area is 120 Å². The number of esters is 1. The van der Waals surface area contributed by atoms with Gasteiger partial charge in [0, 0.05) is 20.0 Å². The number of carbonyl (C=O) groups is 2. The highest BCUT2D eigenvalue weighted by Gasteiger charge is 2.15. The normalized spacial score (nSPS) is 10.6. The molecule has 2 N–H and O–H groups in total. The van der Waals surface area contributed by atoms with Crippen molar-refractivity contribution in [1.29, 1.82) is 0 Å². The third-order valence-corrected chi connectivity index (χ3v) is 3.03. The van der Waals surface area contributed by atoms with E-state index in [4.69, 9.17) is 5.73 Å². The van der Waals surface area contributed by atoms with Gasteiger partial charge in [0.25, 0.3) is 0 Å². The number of nitrogen functional groups attached to an aromatic ring is 1. The average molecular weight is 292 g/mol. The average Bonchev–Trinajstić information content (AvgIpc) is 2.87. The fraction of sp³-hybridized carbons (Fsp3) is 0.417. The molecule has 0 aliphatic heterocycles. The first kappa shape index (κ1) is 14.7. The Balaban J connectivity index is 2.11. The van der Waals surface area contributed by atoms with Crippen LogP contribution in [-0.2, 0) is 20.9 Å². The molecule has 2 rings (SSSR count). The number of amides is 1. The Bertz CT molecular complexity index is 668. The van der Waals surface area contributed by atoms with Crippen LogP contribution in [0, 0.1) is 0 Å². The van der Waals surface area contributed by atoms with Crippen molar-refractivity contribution in [2.45, 2.75) is 13.5 Å². The number of ether oxygens (including phenoxy) is 1. The summed E-state index contributed by atoms with van der Waals surface area (Å²) in [5.41, 5.74) is 6.81. The van der Waals surface area contributed by atoms with E-state index in [-0.39, 0.29) is 12.5 Å². The lowest BCUT2D eigenvalue weighted by atomic mass is 10.4. The van der Waals surface area contributed by atoms with Crippen LogP contribution in [0.2, 0.25) is 0 Å². The smallest absolute Gasteiger partial charge is 0.325 e. The van der Waals surface area contributed by atoms with Crippen molar-refractivity contribution in [2.24, 2.45) is 0 Å². The molecule has 2 aromatic rings. The molecule has 2 heterocycles. The van der Waals surface area contributed by atoms with Gasteiger partial charge < -0.3 is 19.9 Å². The summed E-state index contributed by atoms with van der Waals surface area (Å²) >= 11 is 0. The monoisotopic (exact) mass is 292 g/mol. The highest BCUT2D eigenvalue weighted by atomic mass is 16.5. The molecular weight excluding hydrogens is 276 g/mol. The summed E-state index contributed by atoms with van der Waals surface area (Å²) < 4.78 is 6.32. The van der Waals surface area contributed by atoms with Crippen molar-refractivity contribution in [3.63, 3.8) is 0 Å². The van der Waals surface area contributed by atoms with Gasteiger partial charge in [-0.3, -0.25) is 9.59 Å². The molecule has 0 unspecified atom stereocenters. The molecule has 9 heteroatoms. The quantitative estimate of drug-likeness (QED) is 0.733. The largest absolute Gasteiger partial charge is 0.468 e. The van der Waals surface area contributed by atoms with E-state index in [1.54, 1.807) is 10.9 Å². The first-order valence-corrected chi connectivity index (χ1v) is 6.26.